The van der Waals surface area contributed by atoms with E-state index in [-0.39, 0.29) is 16.7 Å². The van der Waals surface area contributed by atoms with Crippen molar-refractivity contribution in [3.8, 4) is 0 Å². The molecular weight excluding hydrogens is 390 g/mol. The van der Waals surface area contributed by atoms with Gasteiger partial charge in [-0.1, -0.05) is 41.4 Å². The lowest BCUT2D eigenvalue weighted by atomic mass is 10.0. The minimum absolute atomic E-state index is 0.213. The first-order valence-corrected chi connectivity index (χ1v) is 9.13. The fraction of sp³-hybridized carbons (Fsp3) is 0.211. The van der Waals surface area contributed by atoms with E-state index >= 15 is 0 Å². The highest BCUT2D eigenvalue weighted by Crippen LogP contribution is 2.34. The third-order valence-corrected chi connectivity index (χ3v) is 5.53. The summed E-state index contributed by atoms with van der Waals surface area (Å²) in [7, 11) is 0. The fourth-order valence-corrected chi connectivity index (χ4v) is 3.75. The number of hydrogen-bond acceptors (Lipinski definition) is 3. The van der Waals surface area contributed by atoms with Crippen molar-refractivity contribution in [2.45, 2.75) is 19.5 Å². The van der Waals surface area contributed by atoms with Crippen LogP contribution in [-0.2, 0) is 6.54 Å². The SMILES string of the molecule is Cc1nnc2n1CCN(C(=O)c1cccc(Cl)c1Cl)C2c1ccc(F)cc1. The molecule has 1 amide bonds. The molecule has 1 atom stereocenters. The summed E-state index contributed by atoms with van der Waals surface area (Å²) >= 11 is 12.3. The molecule has 0 N–H and O–H groups in total. The molecule has 3 aromatic rings. The van der Waals surface area contributed by atoms with E-state index in [4.69, 9.17) is 23.2 Å². The van der Waals surface area contributed by atoms with Crippen LogP contribution in [0, 0.1) is 12.7 Å². The van der Waals surface area contributed by atoms with Gasteiger partial charge in [0.25, 0.3) is 5.91 Å². The van der Waals surface area contributed by atoms with E-state index in [9.17, 15) is 9.18 Å². The summed E-state index contributed by atoms with van der Waals surface area (Å²) in [5, 5.41) is 8.94. The molecule has 1 aromatic heterocycles. The summed E-state index contributed by atoms with van der Waals surface area (Å²) < 4.78 is 15.4. The van der Waals surface area contributed by atoms with Gasteiger partial charge in [0.05, 0.1) is 15.6 Å². The van der Waals surface area contributed by atoms with Gasteiger partial charge in [-0.15, -0.1) is 10.2 Å². The standard InChI is InChI=1S/C19H15Cl2FN4O/c1-11-23-24-18-17(12-5-7-13(22)8-6-12)26(10-9-25(11)18)19(27)14-3-2-4-15(20)16(14)21/h2-8,17H,9-10H2,1H3. The van der Waals surface area contributed by atoms with Crippen LogP contribution in [0.5, 0.6) is 0 Å². The Labute approximate surface area is 165 Å². The summed E-state index contributed by atoms with van der Waals surface area (Å²) in [6.45, 7) is 2.87. The predicted octanol–water partition coefficient (Wildman–Crippen LogP) is 4.28. The van der Waals surface area contributed by atoms with Crippen LogP contribution in [0.3, 0.4) is 0 Å². The third-order valence-electron chi connectivity index (χ3n) is 4.71. The first kappa shape index (κ1) is 17.9. The van der Waals surface area contributed by atoms with Crippen LogP contribution in [-0.4, -0.2) is 32.1 Å². The van der Waals surface area contributed by atoms with Crippen molar-refractivity contribution in [3.63, 3.8) is 0 Å². The van der Waals surface area contributed by atoms with E-state index in [1.165, 1.54) is 12.1 Å². The molecule has 1 unspecified atom stereocenters. The average molecular weight is 405 g/mol. The zero-order valence-corrected chi connectivity index (χ0v) is 15.9. The molecule has 0 aliphatic carbocycles. The quantitative estimate of drug-likeness (QED) is 0.640. The lowest BCUT2D eigenvalue weighted by Crippen LogP contribution is -2.43. The van der Waals surface area contributed by atoms with Gasteiger partial charge in [-0.2, -0.15) is 0 Å². The van der Waals surface area contributed by atoms with Crippen LogP contribution in [0.4, 0.5) is 4.39 Å². The number of aromatic nitrogens is 3. The van der Waals surface area contributed by atoms with Gasteiger partial charge >= 0.3 is 0 Å². The Bertz CT molecular complexity index is 1020. The number of carbonyl (C=O) groups excluding carboxylic acids is 1. The molecule has 0 spiro atoms. The van der Waals surface area contributed by atoms with Crippen molar-refractivity contribution >= 4 is 29.1 Å². The Morgan fingerprint density at radius 1 is 1.11 bits per heavy atom. The Morgan fingerprint density at radius 3 is 2.59 bits per heavy atom. The van der Waals surface area contributed by atoms with Crippen molar-refractivity contribution in [2.24, 2.45) is 0 Å². The monoisotopic (exact) mass is 404 g/mol. The number of halogens is 3. The second-order valence-corrected chi connectivity index (χ2v) is 7.10. The number of benzene rings is 2. The summed E-state index contributed by atoms with van der Waals surface area (Å²) in [5.74, 6) is 0.800. The summed E-state index contributed by atoms with van der Waals surface area (Å²) in [6.07, 6.45) is 0. The molecule has 4 rings (SSSR count). The Morgan fingerprint density at radius 2 is 1.85 bits per heavy atom. The maximum Gasteiger partial charge on any atom is 0.256 e. The van der Waals surface area contributed by atoms with Crippen molar-refractivity contribution in [2.75, 3.05) is 6.54 Å². The molecule has 0 saturated carbocycles. The van der Waals surface area contributed by atoms with Crippen LogP contribution >= 0.6 is 23.2 Å². The highest BCUT2D eigenvalue weighted by molar-refractivity contribution is 6.43. The normalized spacial score (nSPS) is 16.3. The Hall–Kier alpha value is -2.44. The van der Waals surface area contributed by atoms with Gasteiger partial charge in [0.1, 0.15) is 17.7 Å². The number of fused-ring (bicyclic) bond motifs is 1. The molecule has 1 aliphatic rings. The van der Waals surface area contributed by atoms with E-state index < -0.39 is 6.04 Å². The van der Waals surface area contributed by atoms with Crippen LogP contribution < -0.4 is 0 Å². The highest BCUT2D eigenvalue weighted by Gasteiger charge is 2.36. The third kappa shape index (κ3) is 3.09. The van der Waals surface area contributed by atoms with Crippen molar-refractivity contribution < 1.29 is 9.18 Å². The fourth-order valence-electron chi connectivity index (χ4n) is 3.37. The topological polar surface area (TPSA) is 51.0 Å². The molecule has 0 fully saturated rings. The van der Waals surface area contributed by atoms with Crippen LogP contribution in [0.2, 0.25) is 10.0 Å². The highest BCUT2D eigenvalue weighted by atomic mass is 35.5. The summed E-state index contributed by atoms with van der Waals surface area (Å²) in [5.41, 5.74) is 1.07. The first-order valence-electron chi connectivity index (χ1n) is 8.37. The Kier molecular flexibility index (Phi) is 4.61. The molecule has 0 saturated heterocycles. The maximum atomic E-state index is 13.4. The molecule has 5 nitrogen and oxygen atoms in total. The minimum Gasteiger partial charge on any atom is -0.322 e. The predicted molar refractivity (Wildman–Crippen MR) is 101 cm³/mol. The first-order chi connectivity index (χ1) is 13.0. The summed E-state index contributed by atoms with van der Waals surface area (Å²) in [4.78, 5) is 15.0. The second kappa shape index (κ2) is 6.94. The maximum absolute atomic E-state index is 13.4. The largest absolute Gasteiger partial charge is 0.322 e. The van der Waals surface area contributed by atoms with Gasteiger partial charge < -0.3 is 9.47 Å². The number of amides is 1. The average Bonchev–Trinajstić information content (AvgIpc) is 3.05. The van der Waals surface area contributed by atoms with Crippen molar-refractivity contribution in [1.29, 1.82) is 0 Å². The lowest BCUT2D eigenvalue weighted by Gasteiger charge is -2.36. The number of hydrogen-bond donors (Lipinski definition) is 0. The molecule has 138 valence electrons. The van der Waals surface area contributed by atoms with E-state index in [0.717, 1.165) is 11.4 Å². The van der Waals surface area contributed by atoms with Gasteiger partial charge in [0, 0.05) is 13.1 Å². The van der Waals surface area contributed by atoms with Crippen LogP contribution in [0.1, 0.15) is 33.6 Å². The van der Waals surface area contributed by atoms with E-state index in [2.05, 4.69) is 10.2 Å². The smallest absolute Gasteiger partial charge is 0.256 e. The number of aryl methyl sites for hydroxylation is 1. The minimum atomic E-state index is -0.497. The molecule has 0 bridgehead atoms. The molecular formula is C19H15Cl2FN4O. The zero-order valence-electron chi connectivity index (χ0n) is 14.4. The van der Waals surface area contributed by atoms with Crippen LogP contribution in [0.25, 0.3) is 0 Å². The number of nitrogens with zero attached hydrogens (tertiary/aromatic N) is 4. The lowest BCUT2D eigenvalue weighted by molar-refractivity contribution is 0.0657. The second-order valence-electron chi connectivity index (χ2n) is 6.31. The molecule has 8 heteroatoms. The zero-order chi connectivity index (χ0) is 19.1. The van der Waals surface area contributed by atoms with Gasteiger partial charge in [-0.05, 0) is 36.8 Å². The molecule has 27 heavy (non-hydrogen) atoms. The van der Waals surface area contributed by atoms with Gasteiger partial charge in [0.15, 0.2) is 5.82 Å². The van der Waals surface area contributed by atoms with Crippen molar-refractivity contribution in [1.82, 2.24) is 19.7 Å². The number of carbonyl (C=O) groups is 1. The van der Waals surface area contributed by atoms with Gasteiger partial charge in [0.2, 0.25) is 0 Å². The van der Waals surface area contributed by atoms with E-state index in [1.54, 1.807) is 35.2 Å². The summed E-state index contributed by atoms with van der Waals surface area (Å²) in [6, 6.07) is 10.5. The molecule has 2 heterocycles. The molecule has 2 aromatic carbocycles. The van der Waals surface area contributed by atoms with E-state index in [1.807, 2.05) is 11.5 Å². The number of rotatable bonds is 2. The molecule has 1 aliphatic heterocycles. The Balaban J connectivity index is 1.82. The molecule has 0 radical (unpaired) electrons. The van der Waals surface area contributed by atoms with E-state index in [0.29, 0.717) is 29.5 Å². The van der Waals surface area contributed by atoms with Crippen LogP contribution in [0.15, 0.2) is 42.5 Å². The van der Waals surface area contributed by atoms with Gasteiger partial charge in [-0.3, -0.25) is 4.79 Å². The van der Waals surface area contributed by atoms with Gasteiger partial charge in [-0.25, -0.2) is 4.39 Å². The van der Waals surface area contributed by atoms with Crippen molar-refractivity contribution in [3.05, 3.63) is 81.1 Å².